The van der Waals surface area contributed by atoms with E-state index in [-0.39, 0.29) is 23.1 Å². The lowest BCUT2D eigenvalue weighted by atomic mass is 10.1. The fourth-order valence-electron chi connectivity index (χ4n) is 0.939. The fraction of sp³-hybridized carbons (Fsp3) is 0.444. The predicted octanol–water partition coefficient (Wildman–Crippen LogP) is 1.10. The molecule has 0 atom stereocenters. The summed E-state index contributed by atoms with van der Waals surface area (Å²) < 4.78 is 0. The number of ketones is 1. The molecule has 0 aliphatic heterocycles. The lowest BCUT2D eigenvalue weighted by Crippen LogP contribution is -2.15. The van der Waals surface area contributed by atoms with E-state index in [4.69, 9.17) is 0 Å². The zero-order valence-electron chi connectivity index (χ0n) is 7.92. The van der Waals surface area contributed by atoms with E-state index in [0.717, 1.165) is 0 Å². The number of hydrogen-bond acceptors (Lipinski definition) is 3. The molecule has 1 aromatic rings. The van der Waals surface area contributed by atoms with Crippen molar-refractivity contribution in [2.45, 2.75) is 26.7 Å². The summed E-state index contributed by atoms with van der Waals surface area (Å²) in [7, 11) is 0. The third-order valence-electron chi connectivity index (χ3n) is 1.69. The van der Waals surface area contributed by atoms with Gasteiger partial charge in [0, 0.05) is 13.0 Å². The van der Waals surface area contributed by atoms with Gasteiger partial charge in [-0.25, -0.2) is 4.98 Å². The highest BCUT2D eigenvalue weighted by atomic mass is 16.1. The van der Waals surface area contributed by atoms with Crippen LogP contribution in [-0.4, -0.2) is 15.8 Å². The number of H-pyrrole nitrogens is 1. The quantitative estimate of drug-likeness (QED) is 0.693. The van der Waals surface area contributed by atoms with Gasteiger partial charge in [-0.2, -0.15) is 0 Å². The van der Waals surface area contributed by atoms with Gasteiger partial charge in [-0.15, -0.1) is 0 Å². The highest BCUT2D eigenvalue weighted by molar-refractivity contribution is 5.90. The van der Waals surface area contributed by atoms with Gasteiger partial charge in [0.05, 0.1) is 5.69 Å². The highest BCUT2D eigenvalue weighted by Crippen LogP contribution is 2.08. The number of rotatable bonds is 2. The van der Waals surface area contributed by atoms with Crippen molar-refractivity contribution in [3.05, 3.63) is 27.9 Å². The highest BCUT2D eigenvalue weighted by Gasteiger charge is 2.07. The topological polar surface area (TPSA) is 62.8 Å². The molecular formula is C9H12N2O2. The molecule has 0 amide bonds. The van der Waals surface area contributed by atoms with Gasteiger partial charge >= 0.3 is 0 Å². The van der Waals surface area contributed by atoms with Crippen molar-refractivity contribution in [2.75, 3.05) is 0 Å². The lowest BCUT2D eigenvalue weighted by Gasteiger charge is -2.03. The van der Waals surface area contributed by atoms with Crippen LogP contribution >= 0.6 is 0 Å². The normalized spacial score (nSPS) is 10.5. The molecule has 4 nitrogen and oxygen atoms in total. The molecule has 0 saturated heterocycles. The molecule has 0 unspecified atom stereocenters. The van der Waals surface area contributed by atoms with E-state index in [1.165, 1.54) is 13.0 Å². The molecule has 0 aliphatic rings. The minimum Gasteiger partial charge on any atom is -0.304 e. The van der Waals surface area contributed by atoms with Crippen LogP contribution < -0.4 is 5.56 Å². The van der Waals surface area contributed by atoms with Gasteiger partial charge in [0.2, 0.25) is 0 Å². The van der Waals surface area contributed by atoms with Crippen molar-refractivity contribution in [3.8, 4) is 0 Å². The number of nitrogens with zero attached hydrogens (tertiary/aromatic N) is 1. The Balaban J connectivity index is 3.27. The van der Waals surface area contributed by atoms with Gasteiger partial charge in [-0.1, -0.05) is 13.8 Å². The van der Waals surface area contributed by atoms with Crippen LogP contribution in [0.2, 0.25) is 0 Å². The number of Topliss-reactive ketones (excluding diaryl/α,β-unsaturated/α-hetero) is 1. The number of aromatic nitrogens is 2. The molecule has 1 aromatic heterocycles. The van der Waals surface area contributed by atoms with Crippen LogP contribution in [0.5, 0.6) is 0 Å². The first-order valence-corrected chi connectivity index (χ1v) is 4.13. The smallest absolute Gasteiger partial charge is 0.251 e. The van der Waals surface area contributed by atoms with E-state index in [1.54, 1.807) is 0 Å². The molecule has 13 heavy (non-hydrogen) atoms. The zero-order chi connectivity index (χ0) is 10.0. The molecule has 70 valence electrons. The molecular weight excluding hydrogens is 168 g/mol. The Labute approximate surface area is 76.0 Å². The number of nitrogens with one attached hydrogen (secondary N) is 1. The Kier molecular flexibility index (Phi) is 2.60. The Hall–Kier alpha value is -1.45. The molecule has 1 N–H and O–H groups in total. The van der Waals surface area contributed by atoms with Crippen molar-refractivity contribution in [3.63, 3.8) is 0 Å². The van der Waals surface area contributed by atoms with Gasteiger partial charge in [0.1, 0.15) is 0 Å². The monoisotopic (exact) mass is 180 g/mol. The van der Waals surface area contributed by atoms with Gasteiger partial charge in [-0.05, 0) is 5.92 Å². The molecule has 0 fully saturated rings. The lowest BCUT2D eigenvalue weighted by molar-refractivity contribution is 0.100. The van der Waals surface area contributed by atoms with E-state index in [2.05, 4.69) is 9.97 Å². The number of carbonyl (C=O) groups is 1. The molecule has 0 bridgehead atoms. The Morgan fingerprint density at radius 3 is 2.62 bits per heavy atom. The van der Waals surface area contributed by atoms with Gasteiger partial charge in [-0.3, -0.25) is 9.59 Å². The van der Waals surface area contributed by atoms with Crippen molar-refractivity contribution in [2.24, 2.45) is 0 Å². The van der Waals surface area contributed by atoms with Crippen LogP contribution in [0, 0.1) is 0 Å². The fourth-order valence-corrected chi connectivity index (χ4v) is 0.939. The van der Waals surface area contributed by atoms with E-state index in [0.29, 0.717) is 5.69 Å². The van der Waals surface area contributed by atoms with E-state index in [1.807, 2.05) is 13.8 Å². The molecule has 4 heteroatoms. The summed E-state index contributed by atoms with van der Waals surface area (Å²) in [5, 5.41) is 0. The number of carbonyl (C=O) groups excluding carboxylic acids is 1. The summed E-state index contributed by atoms with van der Waals surface area (Å²) in [6.07, 6.45) is 0. The van der Waals surface area contributed by atoms with Crippen LogP contribution in [-0.2, 0) is 0 Å². The Morgan fingerprint density at radius 1 is 1.54 bits per heavy atom. The summed E-state index contributed by atoms with van der Waals surface area (Å²) >= 11 is 0. The van der Waals surface area contributed by atoms with Crippen LogP contribution in [0.3, 0.4) is 0 Å². The minimum absolute atomic E-state index is 0.135. The summed E-state index contributed by atoms with van der Waals surface area (Å²) in [6, 6.07) is 1.41. The average Bonchev–Trinajstić information content (AvgIpc) is 2.03. The first-order chi connectivity index (χ1) is 6.00. The van der Waals surface area contributed by atoms with E-state index in [9.17, 15) is 9.59 Å². The van der Waals surface area contributed by atoms with Gasteiger partial charge < -0.3 is 4.98 Å². The van der Waals surface area contributed by atoms with Gasteiger partial charge in [0.15, 0.2) is 11.6 Å². The van der Waals surface area contributed by atoms with E-state index >= 15 is 0 Å². The third-order valence-corrected chi connectivity index (χ3v) is 1.69. The Bertz CT molecular complexity index is 379. The van der Waals surface area contributed by atoms with Crippen molar-refractivity contribution in [1.82, 2.24) is 9.97 Å². The minimum atomic E-state index is -0.274. The second-order valence-electron chi connectivity index (χ2n) is 3.23. The second kappa shape index (κ2) is 3.51. The average molecular weight is 180 g/mol. The SMILES string of the molecule is CC(=O)c1nc(C(C)C)cc(=O)[nH]1. The number of aromatic amines is 1. The molecule has 1 rings (SSSR count). The van der Waals surface area contributed by atoms with Crippen LogP contribution in [0.25, 0.3) is 0 Å². The maximum absolute atomic E-state index is 11.1. The molecule has 0 spiro atoms. The largest absolute Gasteiger partial charge is 0.304 e. The van der Waals surface area contributed by atoms with Crippen molar-refractivity contribution >= 4 is 5.78 Å². The molecule has 0 radical (unpaired) electrons. The molecule has 0 saturated carbocycles. The van der Waals surface area contributed by atoms with Crippen LogP contribution in [0.15, 0.2) is 10.9 Å². The molecule has 1 heterocycles. The summed E-state index contributed by atoms with van der Waals surface area (Å²) in [6.45, 7) is 5.22. The third kappa shape index (κ3) is 2.24. The molecule has 0 aromatic carbocycles. The Morgan fingerprint density at radius 2 is 2.15 bits per heavy atom. The second-order valence-corrected chi connectivity index (χ2v) is 3.23. The maximum Gasteiger partial charge on any atom is 0.251 e. The van der Waals surface area contributed by atoms with Crippen LogP contribution in [0.1, 0.15) is 43.0 Å². The standard InChI is InChI=1S/C9H12N2O2/c1-5(2)7-4-8(13)11-9(10-7)6(3)12/h4-5H,1-3H3,(H,10,11,13). The van der Waals surface area contributed by atoms with Crippen molar-refractivity contribution < 1.29 is 4.79 Å². The van der Waals surface area contributed by atoms with Gasteiger partial charge in [0.25, 0.3) is 5.56 Å². The first kappa shape index (κ1) is 9.64. The summed E-state index contributed by atoms with van der Waals surface area (Å²) in [5.41, 5.74) is 0.373. The first-order valence-electron chi connectivity index (χ1n) is 4.13. The number of hydrogen-bond donors (Lipinski definition) is 1. The summed E-state index contributed by atoms with van der Waals surface area (Å²) in [4.78, 5) is 28.4. The van der Waals surface area contributed by atoms with Crippen molar-refractivity contribution in [1.29, 1.82) is 0 Å². The maximum atomic E-state index is 11.1. The molecule has 0 aliphatic carbocycles. The predicted molar refractivity (Wildman–Crippen MR) is 49.0 cm³/mol. The van der Waals surface area contributed by atoms with E-state index < -0.39 is 0 Å². The van der Waals surface area contributed by atoms with Crippen LogP contribution in [0.4, 0.5) is 0 Å². The summed E-state index contributed by atoms with van der Waals surface area (Å²) in [5.74, 6) is 0.0659. The zero-order valence-corrected chi connectivity index (χ0v) is 7.92.